The second-order valence-electron chi connectivity index (χ2n) is 8.06. The van der Waals surface area contributed by atoms with E-state index >= 15 is 0 Å². The van der Waals surface area contributed by atoms with Gasteiger partial charge in [0.2, 0.25) is 0 Å². The summed E-state index contributed by atoms with van der Waals surface area (Å²) in [5.74, 6) is 0.725. The van der Waals surface area contributed by atoms with Gasteiger partial charge in [0, 0.05) is 43.6 Å². The maximum Gasteiger partial charge on any atom is 0.274 e. The third-order valence-electron chi connectivity index (χ3n) is 6.13. The van der Waals surface area contributed by atoms with Crippen molar-refractivity contribution in [3.8, 4) is 5.69 Å². The fourth-order valence-electron chi connectivity index (χ4n) is 4.52. The predicted molar refractivity (Wildman–Crippen MR) is 123 cm³/mol. The Balaban J connectivity index is 1.37. The summed E-state index contributed by atoms with van der Waals surface area (Å²) in [6.45, 7) is 4.62. The Morgan fingerprint density at radius 2 is 1.84 bits per heavy atom. The molecule has 160 valence electrons. The Morgan fingerprint density at radius 1 is 1.06 bits per heavy atom. The number of piperazine rings is 1. The van der Waals surface area contributed by atoms with Crippen LogP contribution in [0.25, 0.3) is 5.69 Å². The Morgan fingerprint density at radius 3 is 2.58 bits per heavy atom. The van der Waals surface area contributed by atoms with E-state index in [-0.39, 0.29) is 5.91 Å². The smallest absolute Gasteiger partial charge is 0.274 e. The van der Waals surface area contributed by atoms with Gasteiger partial charge in [0.05, 0.1) is 15.7 Å². The van der Waals surface area contributed by atoms with Crippen molar-refractivity contribution in [2.24, 2.45) is 0 Å². The number of halogens is 2. The lowest BCUT2D eigenvalue weighted by atomic mass is 10.1. The summed E-state index contributed by atoms with van der Waals surface area (Å²) in [6.07, 6.45) is 4.53. The minimum Gasteiger partial charge on any atom is -0.352 e. The van der Waals surface area contributed by atoms with E-state index in [0.717, 1.165) is 36.1 Å². The summed E-state index contributed by atoms with van der Waals surface area (Å²) < 4.78 is 1.98. The highest BCUT2D eigenvalue weighted by Gasteiger charge is 2.31. The van der Waals surface area contributed by atoms with Gasteiger partial charge < -0.3 is 9.80 Å². The summed E-state index contributed by atoms with van der Waals surface area (Å²) in [7, 11) is 0. The van der Waals surface area contributed by atoms with E-state index in [0.29, 0.717) is 47.7 Å². The third kappa shape index (κ3) is 3.68. The van der Waals surface area contributed by atoms with Gasteiger partial charge in [0.25, 0.3) is 5.91 Å². The molecule has 8 heteroatoms. The SMILES string of the molecule is Cc1ccccc1-n1nc(C(=O)N2CCN(c3ncc(Cl)cc3Cl)CC2)c2c1CCC2. The minimum atomic E-state index is 0.0142. The maximum atomic E-state index is 13.4. The van der Waals surface area contributed by atoms with E-state index in [1.807, 2.05) is 21.7 Å². The number of hydrogen-bond donors (Lipinski definition) is 0. The Kier molecular flexibility index (Phi) is 5.36. The van der Waals surface area contributed by atoms with Crippen molar-refractivity contribution in [2.75, 3.05) is 31.1 Å². The van der Waals surface area contributed by atoms with E-state index in [1.54, 1.807) is 12.3 Å². The average Bonchev–Trinajstić information content (AvgIpc) is 3.37. The lowest BCUT2D eigenvalue weighted by molar-refractivity contribution is 0.0739. The van der Waals surface area contributed by atoms with E-state index in [2.05, 4.69) is 28.9 Å². The van der Waals surface area contributed by atoms with Gasteiger partial charge in [-0.1, -0.05) is 41.4 Å². The van der Waals surface area contributed by atoms with Crippen LogP contribution in [0.1, 0.15) is 33.7 Å². The molecule has 5 rings (SSSR count). The molecular formula is C23H23Cl2N5O. The molecule has 0 bridgehead atoms. The van der Waals surface area contributed by atoms with Crippen LogP contribution in [0.3, 0.4) is 0 Å². The number of aryl methyl sites for hydroxylation is 1. The number of carbonyl (C=O) groups excluding carboxylic acids is 1. The number of pyridine rings is 1. The molecule has 0 atom stereocenters. The van der Waals surface area contributed by atoms with Gasteiger partial charge >= 0.3 is 0 Å². The van der Waals surface area contributed by atoms with Gasteiger partial charge in [-0.2, -0.15) is 5.10 Å². The van der Waals surface area contributed by atoms with Gasteiger partial charge in [0.1, 0.15) is 5.82 Å². The monoisotopic (exact) mass is 455 g/mol. The van der Waals surface area contributed by atoms with E-state index in [9.17, 15) is 4.79 Å². The first-order chi connectivity index (χ1) is 15.0. The van der Waals surface area contributed by atoms with Crippen LogP contribution in [0.4, 0.5) is 5.82 Å². The highest BCUT2D eigenvalue weighted by atomic mass is 35.5. The fraction of sp³-hybridized carbons (Fsp3) is 0.348. The predicted octanol–water partition coefficient (Wildman–Crippen LogP) is 4.33. The molecule has 2 aromatic heterocycles. The molecule has 1 saturated heterocycles. The number of para-hydroxylation sites is 1. The van der Waals surface area contributed by atoms with E-state index in [1.165, 1.54) is 5.69 Å². The molecule has 2 aliphatic rings. The summed E-state index contributed by atoms with van der Waals surface area (Å²) in [5.41, 5.74) is 5.09. The second-order valence-corrected chi connectivity index (χ2v) is 8.91. The molecule has 0 spiro atoms. The van der Waals surface area contributed by atoms with Crippen molar-refractivity contribution in [1.82, 2.24) is 19.7 Å². The zero-order valence-corrected chi connectivity index (χ0v) is 18.8. The van der Waals surface area contributed by atoms with Crippen LogP contribution in [0.5, 0.6) is 0 Å². The molecule has 0 N–H and O–H groups in total. The number of amides is 1. The Hall–Kier alpha value is -2.57. The summed E-state index contributed by atoms with van der Waals surface area (Å²) >= 11 is 12.3. The molecule has 31 heavy (non-hydrogen) atoms. The molecule has 1 fully saturated rings. The number of nitrogens with zero attached hydrogens (tertiary/aromatic N) is 5. The number of aromatic nitrogens is 3. The lowest BCUT2D eigenvalue weighted by Crippen LogP contribution is -2.49. The van der Waals surface area contributed by atoms with Gasteiger partial charge in [-0.15, -0.1) is 0 Å². The molecular weight excluding hydrogens is 433 g/mol. The van der Waals surface area contributed by atoms with E-state index < -0.39 is 0 Å². The number of fused-ring (bicyclic) bond motifs is 1. The van der Waals surface area contributed by atoms with Crippen LogP contribution >= 0.6 is 23.2 Å². The van der Waals surface area contributed by atoms with Crippen LogP contribution in [-0.2, 0) is 12.8 Å². The normalized spacial score (nSPS) is 16.0. The highest BCUT2D eigenvalue weighted by molar-refractivity contribution is 6.36. The molecule has 1 aliphatic heterocycles. The molecule has 0 saturated carbocycles. The lowest BCUT2D eigenvalue weighted by Gasteiger charge is -2.35. The van der Waals surface area contributed by atoms with Crippen LogP contribution in [0.15, 0.2) is 36.5 Å². The molecule has 0 unspecified atom stereocenters. The second kappa shape index (κ2) is 8.17. The van der Waals surface area contributed by atoms with Crippen molar-refractivity contribution in [1.29, 1.82) is 0 Å². The average molecular weight is 456 g/mol. The highest BCUT2D eigenvalue weighted by Crippen LogP contribution is 2.30. The van der Waals surface area contributed by atoms with Crippen LogP contribution in [-0.4, -0.2) is 51.8 Å². The molecule has 1 aromatic carbocycles. The fourth-order valence-corrected chi connectivity index (χ4v) is 5.02. The Bertz CT molecular complexity index is 1150. The number of carbonyl (C=O) groups is 1. The van der Waals surface area contributed by atoms with Crippen molar-refractivity contribution >= 4 is 34.9 Å². The van der Waals surface area contributed by atoms with Crippen LogP contribution < -0.4 is 4.90 Å². The van der Waals surface area contributed by atoms with Gasteiger partial charge in [-0.25, -0.2) is 9.67 Å². The van der Waals surface area contributed by atoms with Gasteiger partial charge in [-0.05, 0) is 43.9 Å². The number of benzene rings is 1. The number of rotatable bonds is 3. The summed E-state index contributed by atoms with van der Waals surface area (Å²) in [6, 6.07) is 9.88. The van der Waals surface area contributed by atoms with Crippen LogP contribution in [0, 0.1) is 6.92 Å². The summed E-state index contributed by atoms with van der Waals surface area (Å²) in [5, 5.41) is 5.85. The topological polar surface area (TPSA) is 54.3 Å². The third-order valence-corrected chi connectivity index (χ3v) is 6.62. The standard InChI is InChI=1S/C23H23Cl2N5O/c1-15-5-2-3-7-19(15)30-20-8-4-6-17(20)21(27-30)23(31)29-11-9-28(10-12-29)22-18(25)13-16(24)14-26-22/h2-3,5,7,13-14H,4,6,8-12H2,1H3. The first-order valence-electron chi connectivity index (χ1n) is 10.5. The molecule has 6 nitrogen and oxygen atoms in total. The quantitative estimate of drug-likeness (QED) is 0.589. The van der Waals surface area contributed by atoms with E-state index in [4.69, 9.17) is 28.3 Å². The number of hydrogen-bond acceptors (Lipinski definition) is 4. The molecule has 1 aliphatic carbocycles. The molecule has 3 heterocycles. The largest absolute Gasteiger partial charge is 0.352 e. The van der Waals surface area contributed by atoms with Crippen molar-refractivity contribution in [3.05, 3.63) is 69.1 Å². The van der Waals surface area contributed by atoms with Crippen molar-refractivity contribution in [3.63, 3.8) is 0 Å². The molecule has 3 aromatic rings. The molecule has 1 amide bonds. The van der Waals surface area contributed by atoms with Crippen molar-refractivity contribution in [2.45, 2.75) is 26.2 Å². The van der Waals surface area contributed by atoms with Crippen LogP contribution in [0.2, 0.25) is 10.0 Å². The zero-order valence-electron chi connectivity index (χ0n) is 17.3. The maximum absolute atomic E-state index is 13.4. The zero-order chi connectivity index (χ0) is 21.5. The van der Waals surface area contributed by atoms with Gasteiger partial charge in [0.15, 0.2) is 5.69 Å². The first-order valence-corrected chi connectivity index (χ1v) is 11.3. The molecule has 0 radical (unpaired) electrons. The van der Waals surface area contributed by atoms with Crippen molar-refractivity contribution < 1.29 is 4.79 Å². The van der Waals surface area contributed by atoms with Gasteiger partial charge in [-0.3, -0.25) is 4.79 Å². The Labute approximate surface area is 191 Å². The number of anilines is 1. The summed E-state index contributed by atoms with van der Waals surface area (Å²) in [4.78, 5) is 21.8. The first kappa shape index (κ1) is 20.3. The minimum absolute atomic E-state index is 0.0142.